The van der Waals surface area contributed by atoms with Gasteiger partial charge in [-0.25, -0.2) is 4.79 Å². The first-order valence-corrected chi connectivity index (χ1v) is 5.76. The molecule has 1 aliphatic rings. The molecule has 16 heavy (non-hydrogen) atoms. The number of carbonyl (C=O) groups is 1. The number of aromatic nitrogens is 2. The minimum Gasteiger partial charge on any atom is -0.332 e. The summed E-state index contributed by atoms with van der Waals surface area (Å²) in [5, 5.41) is 9.54. The number of piperidine rings is 1. The minimum absolute atomic E-state index is 0.0292. The highest BCUT2D eigenvalue weighted by Crippen LogP contribution is 2.15. The quantitative estimate of drug-likeness (QED) is 0.793. The van der Waals surface area contributed by atoms with Crippen LogP contribution in [-0.4, -0.2) is 34.2 Å². The Morgan fingerprint density at radius 1 is 1.62 bits per heavy atom. The van der Waals surface area contributed by atoms with Gasteiger partial charge < -0.3 is 10.2 Å². The number of aromatic amines is 1. The Hall–Kier alpha value is -1.52. The highest BCUT2D eigenvalue weighted by atomic mass is 16.2. The Bertz CT molecular complexity index is 328. The fraction of sp³-hybridized carbons (Fsp3) is 0.636. The van der Waals surface area contributed by atoms with Crippen molar-refractivity contribution in [1.82, 2.24) is 20.4 Å². The van der Waals surface area contributed by atoms with Crippen LogP contribution in [0.15, 0.2) is 12.3 Å². The standard InChI is InChI=1S/C11H18N4O/c1-9-3-6-15(7-4-9)11(16)12-8-10-2-5-13-14-10/h2,5,9H,3-4,6-8H2,1H3,(H,12,16)(H,13,14). The van der Waals surface area contributed by atoms with E-state index in [0.29, 0.717) is 6.54 Å². The van der Waals surface area contributed by atoms with E-state index < -0.39 is 0 Å². The number of rotatable bonds is 2. The summed E-state index contributed by atoms with van der Waals surface area (Å²) < 4.78 is 0. The zero-order chi connectivity index (χ0) is 11.4. The molecule has 1 aromatic rings. The maximum atomic E-state index is 11.8. The lowest BCUT2D eigenvalue weighted by Crippen LogP contribution is -2.43. The van der Waals surface area contributed by atoms with Crippen LogP contribution in [0, 0.1) is 5.92 Å². The lowest BCUT2D eigenvalue weighted by Gasteiger charge is -2.30. The lowest BCUT2D eigenvalue weighted by molar-refractivity contribution is 0.173. The van der Waals surface area contributed by atoms with Crippen molar-refractivity contribution in [2.45, 2.75) is 26.3 Å². The second-order valence-corrected chi connectivity index (χ2v) is 4.41. The predicted molar refractivity (Wildman–Crippen MR) is 60.8 cm³/mol. The Morgan fingerprint density at radius 2 is 2.38 bits per heavy atom. The third-order valence-electron chi connectivity index (χ3n) is 3.06. The molecule has 0 saturated carbocycles. The molecular formula is C11H18N4O. The minimum atomic E-state index is 0.0292. The molecule has 2 heterocycles. The van der Waals surface area contributed by atoms with Gasteiger partial charge in [-0.05, 0) is 24.8 Å². The zero-order valence-electron chi connectivity index (χ0n) is 9.57. The van der Waals surface area contributed by atoms with Gasteiger partial charge in [-0.2, -0.15) is 5.10 Å². The summed E-state index contributed by atoms with van der Waals surface area (Å²) in [5.41, 5.74) is 0.929. The molecule has 2 N–H and O–H groups in total. The maximum absolute atomic E-state index is 11.8. The molecule has 1 aliphatic heterocycles. The SMILES string of the molecule is CC1CCN(C(=O)NCc2ccn[nH]2)CC1. The topological polar surface area (TPSA) is 61.0 Å². The molecule has 88 valence electrons. The van der Waals surface area contributed by atoms with E-state index in [0.717, 1.165) is 37.5 Å². The summed E-state index contributed by atoms with van der Waals surface area (Å²) >= 11 is 0. The van der Waals surface area contributed by atoms with Gasteiger partial charge in [-0.1, -0.05) is 6.92 Å². The van der Waals surface area contributed by atoms with Crippen LogP contribution < -0.4 is 5.32 Å². The molecule has 2 rings (SSSR count). The predicted octanol–water partition coefficient (Wildman–Crippen LogP) is 1.35. The molecule has 0 bridgehead atoms. The summed E-state index contributed by atoms with van der Waals surface area (Å²) in [4.78, 5) is 13.7. The number of urea groups is 1. The van der Waals surface area contributed by atoms with E-state index in [1.54, 1.807) is 6.20 Å². The number of hydrogen-bond acceptors (Lipinski definition) is 2. The Morgan fingerprint density at radius 3 is 3.00 bits per heavy atom. The average molecular weight is 222 g/mol. The molecule has 0 aliphatic carbocycles. The van der Waals surface area contributed by atoms with E-state index >= 15 is 0 Å². The lowest BCUT2D eigenvalue weighted by atomic mass is 10.00. The summed E-state index contributed by atoms with van der Waals surface area (Å²) in [6, 6.07) is 1.89. The fourth-order valence-electron chi connectivity index (χ4n) is 1.88. The highest BCUT2D eigenvalue weighted by molar-refractivity contribution is 5.74. The van der Waals surface area contributed by atoms with Crippen molar-refractivity contribution in [2.24, 2.45) is 5.92 Å². The van der Waals surface area contributed by atoms with Crippen molar-refractivity contribution in [3.8, 4) is 0 Å². The third kappa shape index (κ3) is 2.74. The molecule has 0 unspecified atom stereocenters. The van der Waals surface area contributed by atoms with E-state index in [1.165, 1.54) is 0 Å². The van der Waals surface area contributed by atoms with E-state index in [2.05, 4.69) is 22.4 Å². The molecule has 0 spiro atoms. The number of H-pyrrole nitrogens is 1. The van der Waals surface area contributed by atoms with Gasteiger partial charge in [0.1, 0.15) is 0 Å². The highest BCUT2D eigenvalue weighted by Gasteiger charge is 2.19. The van der Waals surface area contributed by atoms with E-state index in [1.807, 2.05) is 11.0 Å². The average Bonchev–Trinajstić information content (AvgIpc) is 2.80. The van der Waals surface area contributed by atoms with E-state index in [-0.39, 0.29) is 6.03 Å². The zero-order valence-corrected chi connectivity index (χ0v) is 9.57. The van der Waals surface area contributed by atoms with Crippen LogP contribution >= 0.6 is 0 Å². The molecule has 5 nitrogen and oxygen atoms in total. The summed E-state index contributed by atoms with van der Waals surface area (Å²) in [6.07, 6.45) is 3.90. The number of likely N-dealkylation sites (tertiary alicyclic amines) is 1. The van der Waals surface area contributed by atoms with Gasteiger partial charge in [0.15, 0.2) is 0 Å². The van der Waals surface area contributed by atoms with Gasteiger partial charge in [-0.15, -0.1) is 0 Å². The van der Waals surface area contributed by atoms with E-state index in [4.69, 9.17) is 0 Å². The second kappa shape index (κ2) is 5.01. The van der Waals surface area contributed by atoms with Crippen LogP contribution in [0.5, 0.6) is 0 Å². The number of nitrogens with zero attached hydrogens (tertiary/aromatic N) is 2. The third-order valence-corrected chi connectivity index (χ3v) is 3.06. The molecule has 0 aromatic carbocycles. The first-order chi connectivity index (χ1) is 7.75. The molecule has 1 saturated heterocycles. The normalized spacial score (nSPS) is 17.4. The van der Waals surface area contributed by atoms with Crippen molar-refractivity contribution in [1.29, 1.82) is 0 Å². The van der Waals surface area contributed by atoms with Gasteiger partial charge in [0.2, 0.25) is 0 Å². The van der Waals surface area contributed by atoms with Crippen molar-refractivity contribution in [2.75, 3.05) is 13.1 Å². The number of carbonyl (C=O) groups excluding carboxylic acids is 1. The van der Waals surface area contributed by atoms with Crippen LogP contribution in [0.2, 0.25) is 0 Å². The van der Waals surface area contributed by atoms with Gasteiger partial charge in [0.25, 0.3) is 0 Å². The largest absolute Gasteiger partial charge is 0.332 e. The summed E-state index contributed by atoms with van der Waals surface area (Å²) in [6.45, 7) is 4.50. The van der Waals surface area contributed by atoms with Crippen LogP contribution in [0.3, 0.4) is 0 Å². The molecule has 1 aromatic heterocycles. The molecule has 2 amide bonds. The first kappa shape index (κ1) is 11.0. The Kier molecular flexibility index (Phi) is 3.44. The van der Waals surface area contributed by atoms with Crippen molar-refractivity contribution >= 4 is 6.03 Å². The molecule has 5 heteroatoms. The van der Waals surface area contributed by atoms with Crippen LogP contribution in [-0.2, 0) is 6.54 Å². The molecular weight excluding hydrogens is 204 g/mol. The van der Waals surface area contributed by atoms with Gasteiger partial charge in [0, 0.05) is 19.3 Å². The fourth-order valence-corrected chi connectivity index (χ4v) is 1.88. The maximum Gasteiger partial charge on any atom is 0.317 e. The Balaban J connectivity index is 1.75. The number of nitrogens with one attached hydrogen (secondary N) is 2. The van der Waals surface area contributed by atoms with Gasteiger partial charge in [0.05, 0.1) is 12.2 Å². The second-order valence-electron chi connectivity index (χ2n) is 4.41. The van der Waals surface area contributed by atoms with Crippen molar-refractivity contribution < 1.29 is 4.79 Å². The van der Waals surface area contributed by atoms with Gasteiger partial charge >= 0.3 is 6.03 Å². The summed E-state index contributed by atoms with van der Waals surface area (Å²) in [5.74, 6) is 0.747. The number of hydrogen-bond donors (Lipinski definition) is 2. The van der Waals surface area contributed by atoms with E-state index in [9.17, 15) is 4.79 Å². The molecule has 0 atom stereocenters. The first-order valence-electron chi connectivity index (χ1n) is 5.76. The molecule has 1 fully saturated rings. The molecule has 0 radical (unpaired) electrons. The van der Waals surface area contributed by atoms with Crippen LogP contribution in [0.25, 0.3) is 0 Å². The number of amides is 2. The van der Waals surface area contributed by atoms with Crippen molar-refractivity contribution in [3.63, 3.8) is 0 Å². The van der Waals surface area contributed by atoms with Crippen LogP contribution in [0.4, 0.5) is 4.79 Å². The van der Waals surface area contributed by atoms with Crippen LogP contribution in [0.1, 0.15) is 25.5 Å². The van der Waals surface area contributed by atoms with Gasteiger partial charge in [-0.3, -0.25) is 5.10 Å². The smallest absolute Gasteiger partial charge is 0.317 e. The summed E-state index contributed by atoms with van der Waals surface area (Å²) in [7, 11) is 0. The monoisotopic (exact) mass is 222 g/mol. The Labute approximate surface area is 95.2 Å². The van der Waals surface area contributed by atoms with Crippen molar-refractivity contribution in [3.05, 3.63) is 18.0 Å².